The quantitative estimate of drug-likeness (QED) is 0.671. The number of hydrogen-bond donors (Lipinski definition) is 1. The van der Waals surface area contributed by atoms with E-state index in [9.17, 15) is 4.39 Å². The third-order valence-corrected chi connectivity index (χ3v) is 1.84. The maximum absolute atomic E-state index is 11.9. The van der Waals surface area contributed by atoms with Crippen LogP contribution in [0.4, 0.5) is 4.39 Å². The number of nitrogens with zero attached hydrogens (tertiary/aromatic N) is 3. The molecule has 0 saturated carbocycles. The Hall–Kier alpha value is -0.970. The number of halogens is 1. The Bertz CT molecular complexity index is 249. The number of hydrogen-bond acceptors (Lipinski definition) is 3. The van der Waals surface area contributed by atoms with Crippen molar-refractivity contribution < 1.29 is 4.39 Å². The second kappa shape index (κ2) is 6.48. The first kappa shape index (κ1) is 11.1. The van der Waals surface area contributed by atoms with Crippen molar-refractivity contribution in [1.82, 2.24) is 20.3 Å². The molecule has 0 radical (unpaired) electrons. The first-order valence-corrected chi connectivity index (χ1v) is 5.02. The van der Waals surface area contributed by atoms with Gasteiger partial charge in [0.15, 0.2) is 0 Å². The number of nitrogens with one attached hydrogen (secondary N) is 1. The van der Waals surface area contributed by atoms with Gasteiger partial charge in [0.2, 0.25) is 0 Å². The highest BCUT2D eigenvalue weighted by atomic mass is 19.1. The largest absolute Gasteiger partial charge is 0.311 e. The van der Waals surface area contributed by atoms with Gasteiger partial charge in [0.05, 0.1) is 12.4 Å². The molecule has 14 heavy (non-hydrogen) atoms. The molecule has 1 heterocycles. The van der Waals surface area contributed by atoms with E-state index in [1.54, 1.807) is 4.68 Å². The average molecular weight is 200 g/mol. The summed E-state index contributed by atoms with van der Waals surface area (Å²) >= 11 is 0. The van der Waals surface area contributed by atoms with Gasteiger partial charge in [0.25, 0.3) is 0 Å². The van der Waals surface area contributed by atoms with Crippen molar-refractivity contribution in [2.24, 2.45) is 0 Å². The van der Waals surface area contributed by atoms with E-state index in [4.69, 9.17) is 0 Å². The van der Waals surface area contributed by atoms with E-state index < -0.39 is 0 Å². The van der Waals surface area contributed by atoms with Gasteiger partial charge in [-0.1, -0.05) is 12.1 Å². The van der Waals surface area contributed by atoms with Crippen molar-refractivity contribution in [2.75, 3.05) is 13.2 Å². The Balaban J connectivity index is 2.27. The molecule has 4 nitrogen and oxygen atoms in total. The minimum absolute atomic E-state index is 0.302. The molecular weight excluding hydrogens is 183 g/mol. The predicted molar refractivity (Wildman–Crippen MR) is 52.6 cm³/mol. The molecule has 0 fully saturated rings. The lowest BCUT2D eigenvalue weighted by atomic mass is 10.4. The Morgan fingerprint density at radius 3 is 3.14 bits per heavy atom. The van der Waals surface area contributed by atoms with Crippen LogP contribution in [-0.4, -0.2) is 28.2 Å². The summed E-state index contributed by atoms with van der Waals surface area (Å²) in [7, 11) is 0. The molecule has 0 aliphatic rings. The summed E-state index contributed by atoms with van der Waals surface area (Å²) in [4.78, 5) is 0. The van der Waals surface area contributed by atoms with Crippen LogP contribution in [0.2, 0.25) is 0 Å². The highest BCUT2D eigenvalue weighted by Crippen LogP contribution is 1.94. The van der Waals surface area contributed by atoms with Crippen LogP contribution in [0.5, 0.6) is 0 Å². The molecular formula is C9H17FN4. The van der Waals surface area contributed by atoms with Gasteiger partial charge in [0.1, 0.15) is 0 Å². The summed E-state index contributed by atoms with van der Waals surface area (Å²) in [5, 5.41) is 11.1. The molecule has 1 aromatic rings. The molecule has 0 unspecified atom stereocenters. The molecule has 0 bridgehead atoms. The van der Waals surface area contributed by atoms with E-state index in [0.29, 0.717) is 13.0 Å². The summed E-state index contributed by atoms with van der Waals surface area (Å²) in [6.07, 6.45) is 3.47. The Morgan fingerprint density at radius 2 is 2.43 bits per heavy atom. The molecule has 0 amide bonds. The van der Waals surface area contributed by atoms with Gasteiger partial charge in [-0.25, -0.2) is 0 Å². The molecule has 0 atom stereocenters. The van der Waals surface area contributed by atoms with Gasteiger partial charge >= 0.3 is 0 Å². The van der Waals surface area contributed by atoms with E-state index in [1.165, 1.54) is 0 Å². The SMILES string of the molecule is CCCNCc1cn(CCCF)nn1. The summed E-state index contributed by atoms with van der Waals surface area (Å²) in [5.74, 6) is 0. The van der Waals surface area contributed by atoms with E-state index in [2.05, 4.69) is 22.6 Å². The zero-order chi connectivity index (χ0) is 10.2. The molecule has 0 spiro atoms. The van der Waals surface area contributed by atoms with Crippen LogP contribution >= 0.6 is 0 Å². The van der Waals surface area contributed by atoms with Crippen molar-refractivity contribution in [3.63, 3.8) is 0 Å². The molecule has 1 N–H and O–H groups in total. The molecule has 0 saturated heterocycles. The van der Waals surface area contributed by atoms with Gasteiger partial charge in [-0.2, -0.15) is 0 Å². The molecule has 1 rings (SSSR count). The highest BCUT2D eigenvalue weighted by molar-refractivity contribution is 4.91. The summed E-state index contributed by atoms with van der Waals surface area (Å²) < 4.78 is 13.5. The maximum Gasteiger partial charge on any atom is 0.0964 e. The zero-order valence-corrected chi connectivity index (χ0v) is 8.54. The standard InChI is InChI=1S/C9H17FN4/c1-2-5-11-7-9-8-14(13-12-9)6-3-4-10/h8,11H,2-7H2,1H3. The highest BCUT2D eigenvalue weighted by Gasteiger charge is 1.99. The topological polar surface area (TPSA) is 42.7 Å². The lowest BCUT2D eigenvalue weighted by Crippen LogP contribution is -2.13. The minimum Gasteiger partial charge on any atom is -0.311 e. The zero-order valence-electron chi connectivity index (χ0n) is 8.54. The summed E-state index contributed by atoms with van der Waals surface area (Å²) in [6, 6.07) is 0. The predicted octanol–water partition coefficient (Wildman–Crippen LogP) is 1.14. The van der Waals surface area contributed by atoms with Crippen LogP contribution < -0.4 is 5.32 Å². The lowest BCUT2D eigenvalue weighted by Gasteiger charge is -1.97. The third-order valence-electron chi connectivity index (χ3n) is 1.84. The maximum atomic E-state index is 11.9. The van der Waals surface area contributed by atoms with Gasteiger partial charge in [-0.3, -0.25) is 9.07 Å². The van der Waals surface area contributed by atoms with Crippen molar-refractivity contribution >= 4 is 0 Å². The van der Waals surface area contributed by atoms with Crippen LogP contribution in [0, 0.1) is 0 Å². The normalized spacial score (nSPS) is 10.7. The number of aryl methyl sites for hydroxylation is 1. The fraction of sp³-hybridized carbons (Fsp3) is 0.778. The fourth-order valence-corrected chi connectivity index (χ4v) is 1.14. The van der Waals surface area contributed by atoms with Crippen LogP contribution in [0.1, 0.15) is 25.5 Å². The number of rotatable bonds is 7. The third kappa shape index (κ3) is 3.83. The average Bonchev–Trinajstić information content (AvgIpc) is 2.63. The molecule has 0 aliphatic heterocycles. The number of aromatic nitrogens is 3. The van der Waals surface area contributed by atoms with Crippen LogP contribution in [0.25, 0.3) is 0 Å². The van der Waals surface area contributed by atoms with Gasteiger partial charge in [-0.15, -0.1) is 5.10 Å². The molecule has 5 heteroatoms. The van der Waals surface area contributed by atoms with Crippen molar-refractivity contribution in [3.05, 3.63) is 11.9 Å². The first-order valence-electron chi connectivity index (χ1n) is 5.02. The Labute approximate surface area is 83.5 Å². The fourth-order valence-electron chi connectivity index (χ4n) is 1.14. The van der Waals surface area contributed by atoms with Crippen molar-refractivity contribution in [1.29, 1.82) is 0 Å². The van der Waals surface area contributed by atoms with Crippen LogP contribution in [0.15, 0.2) is 6.20 Å². The van der Waals surface area contributed by atoms with Crippen molar-refractivity contribution in [3.8, 4) is 0 Å². The molecule has 0 aliphatic carbocycles. The van der Waals surface area contributed by atoms with E-state index in [-0.39, 0.29) is 6.67 Å². The van der Waals surface area contributed by atoms with E-state index in [1.807, 2.05) is 6.20 Å². The summed E-state index contributed by atoms with van der Waals surface area (Å²) in [6.45, 7) is 4.15. The second-order valence-corrected chi connectivity index (χ2v) is 3.19. The summed E-state index contributed by atoms with van der Waals surface area (Å²) in [5.41, 5.74) is 0.914. The smallest absolute Gasteiger partial charge is 0.0964 e. The Kier molecular flexibility index (Phi) is 5.14. The molecule has 1 aromatic heterocycles. The Morgan fingerprint density at radius 1 is 1.57 bits per heavy atom. The minimum atomic E-state index is -0.302. The first-order chi connectivity index (χ1) is 6.86. The van der Waals surface area contributed by atoms with E-state index in [0.717, 1.165) is 25.2 Å². The lowest BCUT2D eigenvalue weighted by molar-refractivity contribution is 0.431. The van der Waals surface area contributed by atoms with Gasteiger partial charge in [0, 0.05) is 19.3 Å². The molecule has 0 aromatic carbocycles. The van der Waals surface area contributed by atoms with Crippen molar-refractivity contribution in [2.45, 2.75) is 32.9 Å². The van der Waals surface area contributed by atoms with E-state index >= 15 is 0 Å². The van der Waals surface area contributed by atoms with Gasteiger partial charge in [-0.05, 0) is 19.4 Å². The van der Waals surface area contributed by atoms with Gasteiger partial charge < -0.3 is 5.32 Å². The monoisotopic (exact) mass is 200 g/mol. The van der Waals surface area contributed by atoms with Crippen LogP contribution in [-0.2, 0) is 13.1 Å². The molecule has 80 valence electrons. The number of alkyl halides is 1. The second-order valence-electron chi connectivity index (χ2n) is 3.19. The van der Waals surface area contributed by atoms with Crippen LogP contribution in [0.3, 0.4) is 0 Å².